The lowest BCUT2D eigenvalue weighted by Crippen LogP contribution is -2.43. The van der Waals surface area contributed by atoms with E-state index in [9.17, 15) is 9.18 Å². The third kappa shape index (κ3) is 4.02. The Bertz CT molecular complexity index is 671. The number of aryl methyl sites for hydroxylation is 1. The van der Waals surface area contributed by atoms with Crippen LogP contribution in [0.3, 0.4) is 0 Å². The van der Waals surface area contributed by atoms with Gasteiger partial charge >= 0.3 is 0 Å². The van der Waals surface area contributed by atoms with Crippen molar-refractivity contribution >= 4 is 11.6 Å². The number of nitriles is 2. The van der Waals surface area contributed by atoms with E-state index in [0.29, 0.717) is 31.6 Å². The van der Waals surface area contributed by atoms with Crippen molar-refractivity contribution in [1.29, 1.82) is 10.5 Å². The number of benzene rings is 1. The van der Waals surface area contributed by atoms with Crippen LogP contribution in [0.1, 0.15) is 30.4 Å². The van der Waals surface area contributed by atoms with Crippen LogP contribution in [0.4, 0.5) is 10.1 Å². The first-order chi connectivity index (χ1) is 11.6. The molecule has 0 saturated heterocycles. The number of nitrogens with zero attached hydrogens (tertiary/aromatic N) is 4. The molecular weight excluding hydrogens is 307 g/mol. The molecule has 0 N–H and O–H groups in total. The largest absolute Gasteiger partial charge is 0.362 e. The van der Waals surface area contributed by atoms with Crippen LogP contribution in [-0.2, 0) is 11.2 Å². The second-order valence-corrected chi connectivity index (χ2v) is 5.91. The van der Waals surface area contributed by atoms with Gasteiger partial charge in [0, 0.05) is 30.9 Å². The molecule has 2 rings (SSSR count). The molecule has 126 valence electrons. The normalized spacial score (nSPS) is 12.9. The van der Waals surface area contributed by atoms with Crippen molar-refractivity contribution in [2.75, 3.05) is 31.1 Å². The molecule has 0 unspecified atom stereocenters. The molecule has 0 atom stereocenters. The van der Waals surface area contributed by atoms with E-state index in [0.717, 1.165) is 17.7 Å². The van der Waals surface area contributed by atoms with E-state index in [1.807, 2.05) is 24.0 Å². The highest BCUT2D eigenvalue weighted by atomic mass is 19.1. The van der Waals surface area contributed by atoms with Crippen molar-refractivity contribution in [3.05, 3.63) is 29.1 Å². The minimum Gasteiger partial charge on any atom is -0.362 e. The van der Waals surface area contributed by atoms with Gasteiger partial charge in [-0.05, 0) is 31.4 Å². The Morgan fingerprint density at radius 1 is 1.29 bits per heavy atom. The number of halogens is 1. The van der Waals surface area contributed by atoms with Gasteiger partial charge in [0.25, 0.3) is 0 Å². The number of hydrogen-bond acceptors (Lipinski definition) is 4. The molecule has 6 heteroatoms. The Morgan fingerprint density at radius 2 is 1.96 bits per heavy atom. The molecule has 0 radical (unpaired) electrons. The zero-order chi connectivity index (χ0) is 17.5. The highest BCUT2D eigenvalue weighted by Gasteiger charge is 2.25. The third-order valence-electron chi connectivity index (χ3n) is 4.26. The number of anilines is 1. The monoisotopic (exact) mass is 328 g/mol. The highest BCUT2D eigenvalue weighted by molar-refractivity contribution is 5.82. The van der Waals surface area contributed by atoms with Crippen LogP contribution in [0.2, 0.25) is 0 Å². The van der Waals surface area contributed by atoms with Crippen LogP contribution in [-0.4, -0.2) is 37.0 Å². The van der Waals surface area contributed by atoms with Crippen molar-refractivity contribution < 1.29 is 9.18 Å². The average Bonchev–Trinajstić information content (AvgIpc) is 2.58. The van der Waals surface area contributed by atoms with E-state index in [1.165, 1.54) is 6.07 Å². The molecule has 1 amide bonds. The topological polar surface area (TPSA) is 71.1 Å². The standard InChI is InChI=1S/C18H21FN4O/c1-14-6-7-16(19)15-5-2-10-23(18(14)15)13-17(24)22(11-3-8-20)12-4-9-21/h6-7H,2-5,10-13H2,1H3. The van der Waals surface area contributed by atoms with Gasteiger partial charge in [0.05, 0.1) is 31.5 Å². The molecule has 0 fully saturated rings. The van der Waals surface area contributed by atoms with Crippen molar-refractivity contribution in [1.82, 2.24) is 4.90 Å². The molecule has 0 aliphatic carbocycles. The fourth-order valence-electron chi connectivity index (χ4n) is 3.12. The lowest BCUT2D eigenvalue weighted by atomic mass is 9.97. The van der Waals surface area contributed by atoms with Crippen molar-refractivity contribution in [2.45, 2.75) is 32.6 Å². The van der Waals surface area contributed by atoms with Gasteiger partial charge < -0.3 is 9.80 Å². The van der Waals surface area contributed by atoms with Gasteiger partial charge in [-0.1, -0.05) is 6.07 Å². The second-order valence-electron chi connectivity index (χ2n) is 5.91. The molecule has 1 aromatic rings. The summed E-state index contributed by atoms with van der Waals surface area (Å²) in [5.74, 6) is -0.351. The molecular formula is C18H21FN4O. The Kier molecular flexibility index (Phi) is 6.14. The minimum absolute atomic E-state index is 0.128. The fraction of sp³-hybridized carbons (Fsp3) is 0.500. The smallest absolute Gasteiger partial charge is 0.242 e. The fourth-order valence-corrected chi connectivity index (χ4v) is 3.12. The molecule has 0 bridgehead atoms. The zero-order valence-electron chi connectivity index (χ0n) is 13.9. The predicted octanol–water partition coefficient (Wildman–Crippen LogP) is 2.54. The van der Waals surface area contributed by atoms with Crippen molar-refractivity contribution in [2.24, 2.45) is 0 Å². The summed E-state index contributed by atoms with van der Waals surface area (Å²) in [5.41, 5.74) is 2.45. The summed E-state index contributed by atoms with van der Waals surface area (Å²) in [6.45, 7) is 3.41. The van der Waals surface area contributed by atoms with Gasteiger partial charge in [-0.25, -0.2) is 4.39 Å². The van der Waals surface area contributed by atoms with Crippen molar-refractivity contribution in [3.8, 4) is 12.1 Å². The summed E-state index contributed by atoms with van der Waals surface area (Å²) in [6.07, 6.45) is 1.96. The summed E-state index contributed by atoms with van der Waals surface area (Å²) in [6, 6.07) is 7.26. The average molecular weight is 328 g/mol. The highest BCUT2D eigenvalue weighted by Crippen LogP contribution is 2.32. The van der Waals surface area contributed by atoms with Crippen molar-refractivity contribution in [3.63, 3.8) is 0 Å². The number of carbonyl (C=O) groups is 1. The SMILES string of the molecule is Cc1ccc(F)c2c1N(CC(=O)N(CCC#N)CCC#N)CCC2. The van der Waals surface area contributed by atoms with Gasteiger partial charge in [-0.15, -0.1) is 0 Å². The van der Waals surface area contributed by atoms with E-state index in [4.69, 9.17) is 10.5 Å². The molecule has 5 nitrogen and oxygen atoms in total. The van der Waals surface area contributed by atoms with Gasteiger partial charge in [-0.3, -0.25) is 4.79 Å². The number of hydrogen-bond donors (Lipinski definition) is 0. The minimum atomic E-state index is -0.224. The Hall–Kier alpha value is -2.60. The predicted molar refractivity (Wildman–Crippen MR) is 88.7 cm³/mol. The maximum Gasteiger partial charge on any atom is 0.242 e. The van der Waals surface area contributed by atoms with Crippen LogP contribution < -0.4 is 4.90 Å². The first-order valence-electron chi connectivity index (χ1n) is 8.13. The van der Waals surface area contributed by atoms with Crippen LogP contribution in [0, 0.1) is 35.4 Å². The summed E-state index contributed by atoms with van der Waals surface area (Å²) >= 11 is 0. The number of carbonyl (C=O) groups excluding carboxylic acids is 1. The van der Waals surface area contributed by atoms with Gasteiger partial charge in [0.15, 0.2) is 0 Å². The van der Waals surface area contributed by atoms with Gasteiger partial charge in [0.2, 0.25) is 5.91 Å². The first-order valence-corrected chi connectivity index (χ1v) is 8.13. The molecule has 1 aliphatic rings. The maximum absolute atomic E-state index is 14.1. The maximum atomic E-state index is 14.1. The van der Waals surface area contributed by atoms with Crippen LogP contribution in [0.5, 0.6) is 0 Å². The molecule has 0 saturated carbocycles. The second kappa shape index (κ2) is 8.31. The van der Waals surface area contributed by atoms with Gasteiger partial charge in [-0.2, -0.15) is 10.5 Å². The summed E-state index contributed by atoms with van der Waals surface area (Å²) in [7, 11) is 0. The third-order valence-corrected chi connectivity index (χ3v) is 4.26. The summed E-state index contributed by atoms with van der Waals surface area (Å²) in [5, 5.41) is 17.5. The van der Waals surface area contributed by atoms with E-state index in [2.05, 4.69) is 0 Å². The summed E-state index contributed by atoms with van der Waals surface area (Å²) < 4.78 is 14.1. The molecule has 1 aliphatic heterocycles. The zero-order valence-corrected chi connectivity index (χ0v) is 13.9. The molecule has 1 heterocycles. The Labute approximate surface area is 141 Å². The molecule has 1 aromatic carbocycles. The molecule has 24 heavy (non-hydrogen) atoms. The Morgan fingerprint density at radius 3 is 2.58 bits per heavy atom. The van der Waals surface area contributed by atoms with Crippen LogP contribution in [0.15, 0.2) is 12.1 Å². The molecule has 0 aromatic heterocycles. The van der Waals surface area contributed by atoms with E-state index in [1.54, 1.807) is 11.0 Å². The number of fused-ring (bicyclic) bond motifs is 1. The van der Waals surface area contributed by atoms with E-state index < -0.39 is 0 Å². The molecule has 0 spiro atoms. The van der Waals surface area contributed by atoms with Crippen LogP contribution >= 0.6 is 0 Å². The number of amides is 1. The lowest BCUT2D eigenvalue weighted by Gasteiger charge is -2.34. The van der Waals surface area contributed by atoms with E-state index >= 15 is 0 Å². The van der Waals surface area contributed by atoms with Crippen LogP contribution in [0.25, 0.3) is 0 Å². The lowest BCUT2D eigenvalue weighted by molar-refractivity contribution is -0.129. The quantitative estimate of drug-likeness (QED) is 0.804. The summed E-state index contributed by atoms with van der Waals surface area (Å²) in [4.78, 5) is 16.1. The Balaban J connectivity index is 2.16. The van der Waals surface area contributed by atoms with Gasteiger partial charge in [0.1, 0.15) is 5.82 Å². The van der Waals surface area contributed by atoms with E-state index in [-0.39, 0.29) is 31.1 Å². The first kappa shape index (κ1) is 17.7. The number of rotatable bonds is 6.